The Morgan fingerprint density at radius 1 is 1.21 bits per heavy atom. The van der Waals surface area contributed by atoms with Crippen LogP contribution >= 0.6 is 0 Å². The van der Waals surface area contributed by atoms with Crippen molar-refractivity contribution in [1.29, 1.82) is 0 Å². The fourth-order valence-corrected chi connectivity index (χ4v) is 3.92. The highest BCUT2D eigenvalue weighted by atomic mass is 16.2. The number of urea groups is 1. The lowest BCUT2D eigenvalue weighted by molar-refractivity contribution is 0.178. The lowest BCUT2D eigenvalue weighted by Gasteiger charge is -2.31. The molecular weight excluding hydrogens is 352 g/mol. The summed E-state index contributed by atoms with van der Waals surface area (Å²) in [4.78, 5) is 31.6. The van der Waals surface area contributed by atoms with Gasteiger partial charge in [-0.15, -0.1) is 0 Å². The molecule has 0 spiro atoms. The third kappa shape index (κ3) is 3.83. The van der Waals surface area contributed by atoms with E-state index < -0.39 is 0 Å². The molecule has 1 saturated heterocycles. The number of hydrogen-bond acceptors (Lipinski definition) is 4. The van der Waals surface area contributed by atoms with Crippen molar-refractivity contribution in [2.24, 2.45) is 0 Å². The fourth-order valence-electron chi connectivity index (χ4n) is 3.92. The van der Waals surface area contributed by atoms with Crippen molar-refractivity contribution in [2.45, 2.75) is 46.1 Å². The zero-order valence-corrected chi connectivity index (χ0v) is 16.6. The molecule has 1 atom stereocenters. The monoisotopic (exact) mass is 378 g/mol. The van der Waals surface area contributed by atoms with Gasteiger partial charge in [-0.1, -0.05) is 12.1 Å². The largest absolute Gasteiger partial charge is 0.342 e. The normalized spacial score (nSPS) is 17.1. The number of likely N-dealkylation sites (tertiary alicyclic amines) is 1. The molecule has 1 aliphatic rings. The Morgan fingerprint density at radius 3 is 2.75 bits per heavy atom. The van der Waals surface area contributed by atoms with Crippen LogP contribution in [0.3, 0.4) is 0 Å². The molecule has 0 radical (unpaired) electrons. The number of benzene rings is 1. The number of carbonyl (C=O) groups excluding carboxylic acids is 1. The van der Waals surface area contributed by atoms with E-state index in [1.807, 2.05) is 30.9 Å². The predicted octanol–water partition coefficient (Wildman–Crippen LogP) is 3.37. The van der Waals surface area contributed by atoms with E-state index in [-0.39, 0.29) is 11.9 Å². The van der Waals surface area contributed by atoms with Crippen molar-refractivity contribution >= 4 is 17.1 Å². The zero-order chi connectivity index (χ0) is 19.7. The SMILES string of the molecule is Cc1cc(C)nc(CNC(=O)N2CCC[C@@H](c3nc4c(C)cccc4[nH]3)C2)n1. The van der Waals surface area contributed by atoms with E-state index in [2.05, 4.69) is 39.3 Å². The quantitative estimate of drug-likeness (QED) is 0.732. The number of aryl methyl sites for hydroxylation is 3. The Bertz CT molecular complexity index is 991. The van der Waals surface area contributed by atoms with Crippen LogP contribution in [-0.2, 0) is 6.54 Å². The first kappa shape index (κ1) is 18.4. The Hall–Kier alpha value is -2.96. The summed E-state index contributed by atoms with van der Waals surface area (Å²) in [6.07, 6.45) is 2.00. The van der Waals surface area contributed by atoms with E-state index in [0.29, 0.717) is 18.9 Å². The molecule has 1 aromatic carbocycles. The average molecular weight is 378 g/mol. The van der Waals surface area contributed by atoms with Crippen molar-refractivity contribution in [3.8, 4) is 0 Å². The highest BCUT2D eigenvalue weighted by Crippen LogP contribution is 2.27. The van der Waals surface area contributed by atoms with E-state index in [4.69, 9.17) is 4.98 Å². The smallest absolute Gasteiger partial charge is 0.317 e. The number of para-hydroxylation sites is 1. The first-order valence-corrected chi connectivity index (χ1v) is 9.79. The fraction of sp³-hybridized carbons (Fsp3) is 0.429. The minimum absolute atomic E-state index is 0.0697. The molecular formula is C21H26N6O. The van der Waals surface area contributed by atoms with Crippen LogP contribution in [-0.4, -0.2) is 44.0 Å². The number of hydrogen-bond donors (Lipinski definition) is 2. The van der Waals surface area contributed by atoms with Gasteiger partial charge in [0, 0.05) is 30.4 Å². The van der Waals surface area contributed by atoms with Crippen LogP contribution in [0.25, 0.3) is 11.0 Å². The average Bonchev–Trinajstić information content (AvgIpc) is 3.11. The number of nitrogens with one attached hydrogen (secondary N) is 2. The number of aromatic nitrogens is 4. The van der Waals surface area contributed by atoms with Crippen molar-refractivity contribution < 1.29 is 4.79 Å². The minimum atomic E-state index is -0.0697. The minimum Gasteiger partial charge on any atom is -0.342 e. The van der Waals surface area contributed by atoms with E-state index >= 15 is 0 Å². The maximum atomic E-state index is 12.7. The van der Waals surface area contributed by atoms with Gasteiger partial charge in [-0.05, 0) is 51.3 Å². The van der Waals surface area contributed by atoms with Crippen LogP contribution in [0.15, 0.2) is 24.3 Å². The van der Waals surface area contributed by atoms with Crippen molar-refractivity contribution in [3.63, 3.8) is 0 Å². The third-order valence-electron chi connectivity index (χ3n) is 5.25. The number of rotatable bonds is 3. The number of amides is 2. The van der Waals surface area contributed by atoms with E-state index in [1.54, 1.807) is 0 Å². The summed E-state index contributed by atoms with van der Waals surface area (Å²) in [5, 5.41) is 2.96. The Labute approximate surface area is 164 Å². The van der Waals surface area contributed by atoms with Crippen molar-refractivity contribution in [2.75, 3.05) is 13.1 Å². The first-order valence-electron chi connectivity index (χ1n) is 9.79. The van der Waals surface area contributed by atoms with Gasteiger partial charge in [-0.25, -0.2) is 19.7 Å². The molecule has 1 fully saturated rings. The molecule has 2 amide bonds. The summed E-state index contributed by atoms with van der Waals surface area (Å²) in [5.74, 6) is 1.84. The molecule has 1 aliphatic heterocycles. The number of imidazole rings is 1. The summed E-state index contributed by atoms with van der Waals surface area (Å²) in [7, 11) is 0. The maximum absolute atomic E-state index is 12.7. The molecule has 0 bridgehead atoms. The molecule has 7 nitrogen and oxygen atoms in total. The Kier molecular flexibility index (Phi) is 4.98. The number of aromatic amines is 1. The summed E-state index contributed by atoms with van der Waals surface area (Å²) >= 11 is 0. The molecule has 0 unspecified atom stereocenters. The molecule has 2 N–H and O–H groups in total. The van der Waals surface area contributed by atoms with Crippen LogP contribution in [0.4, 0.5) is 4.79 Å². The molecule has 0 saturated carbocycles. The lowest BCUT2D eigenvalue weighted by Crippen LogP contribution is -2.45. The predicted molar refractivity (Wildman–Crippen MR) is 108 cm³/mol. The summed E-state index contributed by atoms with van der Waals surface area (Å²) in [6.45, 7) is 7.71. The van der Waals surface area contributed by atoms with Gasteiger partial charge in [0.1, 0.15) is 11.6 Å². The summed E-state index contributed by atoms with van der Waals surface area (Å²) in [5.41, 5.74) is 5.07. The number of piperidine rings is 1. The maximum Gasteiger partial charge on any atom is 0.317 e. The van der Waals surface area contributed by atoms with Gasteiger partial charge in [0.15, 0.2) is 0 Å². The molecule has 4 rings (SSSR count). The standard InChI is InChI=1S/C21H26N6O/c1-13-6-4-8-17-19(13)26-20(25-17)16-7-5-9-27(12-16)21(28)22-11-18-23-14(2)10-15(3)24-18/h4,6,8,10,16H,5,7,9,11-12H2,1-3H3,(H,22,28)(H,25,26)/t16-/m1/s1. The Balaban J connectivity index is 1.42. The second kappa shape index (κ2) is 7.58. The number of nitrogens with zero attached hydrogens (tertiary/aromatic N) is 4. The second-order valence-electron chi connectivity index (χ2n) is 7.60. The second-order valence-corrected chi connectivity index (χ2v) is 7.60. The highest BCUT2D eigenvalue weighted by Gasteiger charge is 2.27. The zero-order valence-electron chi connectivity index (χ0n) is 16.6. The Morgan fingerprint density at radius 2 is 2.00 bits per heavy atom. The van der Waals surface area contributed by atoms with E-state index in [9.17, 15) is 4.79 Å². The van der Waals surface area contributed by atoms with Crippen LogP contribution in [0.5, 0.6) is 0 Å². The molecule has 2 aromatic heterocycles. The van der Waals surface area contributed by atoms with Crippen LogP contribution < -0.4 is 5.32 Å². The van der Waals surface area contributed by atoms with Gasteiger partial charge in [0.25, 0.3) is 0 Å². The summed E-state index contributed by atoms with van der Waals surface area (Å²) < 4.78 is 0. The van der Waals surface area contributed by atoms with Crippen LogP contribution in [0, 0.1) is 20.8 Å². The molecule has 7 heteroatoms. The molecule has 3 heterocycles. The lowest BCUT2D eigenvalue weighted by atomic mass is 9.97. The highest BCUT2D eigenvalue weighted by molar-refractivity contribution is 5.78. The molecule has 3 aromatic rings. The molecule has 146 valence electrons. The van der Waals surface area contributed by atoms with E-state index in [0.717, 1.165) is 47.6 Å². The van der Waals surface area contributed by atoms with Gasteiger partial charge in [0.2, 0.25) is 0 Å². The van der Waals surface area contributed by atoms with Gasteiger partial charge in [0.05, 0.1) is 17.6 Å². The van der Waals surface area contributed by atoms with Gasteiger partial charge in [-0.2, -0.15) is 0 Å². The number of H-pyrrole nitrogens is 1. The van der Waals surface area contributed by atoms with Crippen LogP contribution in [0.2, 0.25) is 0 Å². The van der Waals surface area contributed by atoms with Gasteiger partial charge < -0.3 is 15.2 Å². The van der Waals surface area contributed by atoms with Crippen molar-refractivity contribution in [3.05, 3.63) is 52.9 Å². The van der Waals surface area contributed by atoms with Gasteiger partial charge in [-0.3, -0.25) is 0 Å². The third-order valence-corrected chi connectivity index (χ3v) is 5.25. The topological polar surface area (TPSA) is 86.8 Å². The van der Waals surface area contributed by atoms with Crippen molar-refractivity contribution in [1.82, 2.24) is 30.2 Å². The van der Waals surface area contributed by atoms with E-state index in [1.165, 1.54) is 5.56 Å². The van der Waals surface area contributed by atoms with Crippen LogP contribution in [0.1, 0.15) is 47.4 Å². The molecule has 0 aliphatic carbocycles. The molecule has 28 heavy (non-hydrogen) atoms. The summed E-state index contributed by atoms with van der Waals surface area (Å²) in [6, 6.07) is 8.02. The first-order chi connectivity index (χ1) is 13.5. The number of fused-ring (bicyclic) bond motifs is 1. The number of carbonyl (C=O) groups is 1. The van der Waals surface area contributed by atoms with Gasteiger partial charge >= 0.3 is 6.03 Å².